The van der Waals surface area contributed by atoms with Gasteiger partial charge in [-0.1, -0.05) is 29.8 Å². The van der Waals surface area contributed by atoms with E-state index >= 15 is 0 Å². The molecule has 0 aliphatic carbocycles. The van der Waals surface area contributed by atoms with E-state index in [-0.39, 0.29) is 5.91 Å². The van der Waals surface area contributed by atoms with Crippen molar-refractivity contribution in [3.8, 4) is 17.2 Å². The second-order valence-electron chi connectivity index (χ2n) is 7.25. The molecule has 0 spiro atoms. The minimum Gasteiger partial charge on any atom is -0.493 e. The quantitative estimate of drug-likeness (QED) is 0.275. The Bertz CT molecular complexity index is 1140. The monoisotopic (exact) mass is 530 g/mol. The van der Waals surface area contributed by atoms with E-state index in [1.807, 2.05) is 55.5 Å². The molecule has 1 amide bonds. The summed E-state index contributed by atoms with van der Waals surface area (Å²) in [6, 6.07) is 18.5. The van der Waals surface area contributed by atoms with Gasteiger partial charge in [0, 0.05) is 5.02 Å². The van der Waals surface area contributed by atoms with Gasteiger partial charge in [-0.25, -0.2) is 5.43 Å². The van der Waals surface area contributed by atoms with E-state index in [0.717, 1.165) is 21.2 Å². The number of methoxy groups -OCH3 is 1. The standard InChI is InChI=1S/C25H24BrClN2O4/c1-16-4-10-22(21(26)12-16)33-17(2)25(30)29-28-14-19-7-11-23(24(13-19)31-3)32-15-18-5-8-20(27)9-6-18/h4-14,17H,15H2,1-3H3,(H,29,30). The van der Waals surface area contributed by atoms with Crippen molar-refractivity contribution in [2.24, 2.45) is 5.10 Å². The van der Waals surface area contributed by atoms with E-state index in [1.165, 1.54) is 6.21 Å². The Balaban J connectivity index is 1.56. The molecule has 1 unspecified atom stereocenters. The largest absolute Gasteiger partial charge is 0.493 e. The molecule has 0 aliphatic heterocycles. The number of hydrazone groups is 1. The third-order valence-electron chi connectivity index (χ3n) is 4.64. The zero-order valence-electron chi connectivity index (χ0n) is 18.5. The lowest BCUT2D eigenvalue weighted by Gasteiger charge is -2.14. The van der Waals surface area contributed by atoms with Crippen molar-refractivity contribution in [1.82, 2.24) is 5.43 Å². The number of aryl methyl sites for hydroxylation is 1. The molecule has 0 saturated heterocycles. The molecular weight excluding hydrogens is 508 g/mol. The lowest BCUT2D eigenvalue weighted by Crippen LogP contribution is -2.33. The molecular formula is C25H24BrClN2O4. The van der Waals surface area contributed by atoms with Crippen LogP contribution >= 0.6 is 27.5 Å². The molecule has 3 aromatic rings. The Hall–Kier alpha value is -3.03. The van der Waals surface area contributed by atoms with Crippen molar-refractivity contribution in [3.05, 3.63) is 86.8 Å². The van der Waals surface area contributed by atoms with Crippen molar-refractivity contribution < 1.29 is 19.0 Å². The molecule has 6 nitrogen and oxygen atoms in total. The van der Waals surface area contributed by atoms with Crippen LogP contribution in [0.5, 0.6) is 17.2 Å². The summed E-state index contributed by atoms with van der Waals surface area (Å²) in [6.45, 7) is 4.02. The van der Waals surface area contributed by atoms with Crippen molar-refractivity contribution in [2.75, 3.05) is 7.11 Å². The highest BCUT2D eigenvalue weighted by Crippen LogP contribution is 2.29. The van der Waals surface area contributed by atoms with Crippen LogP contribution in [0.4, 0.5) is 0 Å². The highest BCUT2D eigenvalue weighted by Gasteiger charge is 2.15. The summed E-state index contributed by atoms with van der Waals surface area (Å²) >= 11 is 9.35. The van der Waals surface area contributed by atoms with E-state index in [1.54, 1.807) is 26.2 Å². The first-order valence-electron chi connectivity index (χ1n) is 10.2. The molecule has 0 saturated carbocycles. The fourth-order valence-corrected chi connectivity index (χ4v) is 3.54. The van der Waals surface area contributed by atoms with Gasteiger partial charge >= 0.3 is 0 Å². The van der Waals surface area contributed by atoms with Gasteiger partial charge in [0.15, 0.2) is 17.6 Å². The maximum absolute atomic E-state index is 12.3. The zero-order chi connectivity index (χ0) is 23.8. The number of carbonyl (C=O) groups excluding carboxylic acids is 1. The maximum Gasteiger partial charge on any atom is 0.280 e. The van der Waals surface area contributed by atoms with Gasteiger partial charge in [0.25, 0.3) is 5.91 Å². The first-order chi connectivity index (χ1) is 15.9. The summed E-state index contributed by atoms with van der Waals surface area (Å²) in [5.41, 5.74) is 5.31. The average molecular weight is 532 g/mol. The number of rotatable bonds is 9. The number of benzene rings is 3. The molecule has 8 heteroatoms. The number of halogens is 2. The van der Waals surface area contributed by atoms with Gasteiger partial charge in [0.05, 0.1) is 17.8 Å². The number of amides is 1. The van der Waals surface area contributed by atoms with Crippen LogP contribution in [0.2, 0.25) is 5.02 Å². The molecule has 0 aromatic heterocycles. The van der Waals surface area contributed by atoms with Crippen LogP contribution in [0.1, 0.15) is 23.6 Å². The van der Waals surface area contributed by atoms with Crippen LogP contribution in [-0.4, -0.2) is 25.3 Å². The summed E-state index contributed by atoms with van der Waals surface area (Å²) < 4.78 is 17.8. The molecule has 0 bridgehead atoms. The summed E-state index contributed by atoms with van der Waals surface area (Å²) in [5.74, 6) is 1.37. The first kappa shape index (κ1) is 24.6. The van der Waals surface area contributed by atoms with Crippen LogP contribution < -0.4 is 19.6 Å². The van der Waals surface area contributed by atoms with Gasteiger partial charge in [-0.2, -0.15) is 5.10 Å². The van der Waals surface area contributed by atoms with Crippen molar-refractivity contribution in [1.29, 1.82) is 0 Å². The average Bonchev–Trinajstić information content (AvgIpc) is 2.80. The highest BCUT2D eigenvalue weighted by molar-refractivity contribution is 9.10. The summed E-state index contributed by atoms with van der Waals surface area (Å²) in [4.78, 5) is 12.3. The fourth-order valence-electron chi connectivity index (χ4n) is 2.83. The zero-order valence-corrected chi connectivity index (χ0v) is 20.8. The predicted molar refractivity (Wildman–Crippen MR) is 133 cm³/mol. The lowest BCUT2D eigenvalue weighted by molar-refractivity contribution is -0.127. The molecule has 0 heterocycles. The minimum absolute atomic E-state index is 0.367. The van der Waals surface area contributed by atoms with Gasteiger partial charge < -0.3 is 14.2 Å². The Morgan fingerprint density at radius 1 is 1.09 bits per heavy atom. The van der Waals surface area contributed by atoms with Crippen molar-refractivity contribution in [2.45, 2.75) is 26.6 Å². The van der Waals surface area contributed by atoms with Gasteiger partial charge in [0.2, 0.25) is 0 Å². The second-order valence-corrected chi connectivity index (χ2v) is 8.54. The molecule has 33 heavy (non-hydrogen) atoms. The van der Waals surface area contributed by atoms with Crippen molar-refractivity contribution in [3.63, 3.8) is 0 Å². The number of carbonyl (C=O) groups is 1. The predicted octanol–water partition coefficient (Wildman–Crippen LogP) is 5.92. The van der Waals surface area contributed by atoms with Gasteiger partial charge in [0.1, 0.15) is 12.4 Å². The van der Waals surface area contributed by atoms with E-state index in [2.05, 4.69) is 26.5 Å². The fraction of sp³-hybridized carbons (Fsp3) is 0.200. The van der Waals surface area contributed by atoms with Crippen LogP contribution in [0.25, 0.3) is 0 Å². The van der Waals surface area contributed by atoms with E-state index < -0.39 is 6.10 Å². The molecule has 1 N–H and O–H groups in total. The molecule has 3 rings (SSSR count). The maximum atomic E-state index is 12.3. The number of nitrogens with one attached hydrogen (secondary N) is 1. The Labute approximate surface area is 206 Å². The molecule has 1 atom stereocenters. The van der Waals surface area contributed by atoms with Gasteiger partial charge in [-0.05, 0) is 88.9 Å². The van der Waals surface area contributed by atoms with E-state index in [4.69, 9.17) is 25.8 Å². The Morgan fingerprint density at radius 3 is 2.52 bits per heavy atom. The van der Waals surface area contributed by atoms with Crippen LogP contribution in [-0.2, 0) is 11.4 Å². The number of hydrogen-bond acceptors (Lipinski definition) is 5. The Kier molecular flexibility index (Phi) is 8.74. The summed E-state index contributed by atoms with van der Waals surface area (Å²) in [6.07, 6.45) is 0.803. The third-order valence-corrected chi connectivity index (χ3v) is 5.52. The smallest absolute Gasteiger partial charge is 0.280 e. The lowest BCUT2D eigenvalue weighted by atomic mass is 10.2. The van der Waals surface area contributed by atoms with E-state index in [9.17, 15) is 4.79 Å². The number of ether oxygens (including phenoxy) is 3. The Morgan fingerprint density at radius 2 is 1.82 bits per heavy atom. The molecule has 0 aliphatic rings. The SMILES string of the molecule is COc1cc(C=NNC(=O)C(C)Oc2ccc(C)cc2Br)ccc1OCc1ccc(Cl)cc1. The van der Waals surface area contributed by atoms with Gasteiger partial charge in [-0.3, -0.25) is 4.79 Å². The summed E-state index contributed by atoms with van der Waals surface area (Å²) in [5, 5.41) is 4.70. The molecule has 3 aromatic carbocycles. The first-order valence-corrected chi connectivity index (χ1v) is 11.3. The van der Waals surface area contributed by atoms with E-state index in [0.29, 0.717) is 28.9 Å². The van der Waals surface area contributed by atoms with Crippen LogP contribution in [0.15, 0.2) is 70.2 Å². The van der Waals surface area contributed by atoms with Crippen LogP contribution in [0.3, 0.4) is 0 Å². The minimum atomic E-state index is -0.723. The van der Waals surface area contributed by atoms with Crippen LogP contribution in [0, 0.1) is 6.92 Å². The third kappa shape index (κ3) is 7.23. The highest BCUT2D eigenvalue weighted by atomic mass is 79.9. The molecule has 0 fully saturated rings. The molecule has 0 radical (unpaired) electrons. The normalized spacial score (nSPS) is 11.8. The topological polar surface area (TPSA) is 69.2 Å². The molecule has 172 valence electrons. The van der Waals surface area contributed by atoms with Crippen molar-refractivity contribution >= 4 is 39.7 Å². The number of nitrogens with zero attached hydrogens (tertiary/aromatic N) is 1. The summed E-state index contributed by atoms with van der Waals surface area (Å²) in [7, 11) is 1.56. The van der Waals surface area contributed by atoms with Gasteiger partial charge in [-0.15, -0.1) is 0 Å². The number of hydrogen-bond donors (Lipinski definition) is 1. The second kappa shape index (κ2) is 11.7.